The number of alkyl halides is 1. The molecule has 2 aromatic rings. The van der Waals surface area contributed by atoms with Crippen LogP contribution >= 0.6 is 11.6 Å². The quantitative estimate of drug-likeness (QED) is 0.769. The molecule has 0 amide bonds. The fraction of sp³-hybridized carbons (Fsp3) is 0.294. The molecule has 0 bridgehead atoms. The van der Waals surface area contributed by atoms with Gasteiger partial charge < -0.3 is 14.2 Å². The summed E-state index contributed by atoms with van der Waals surface area (Å²) in [5.74, 6) is 2.31. The molecule has 112 valence electrons. The van der Waals surface area contributed by atoms with Crippen LogP contribution in [0.1, 0.15) is 22.1 Å². The second-order valence-electron chi connectivity index (χ2n) is 4.69. The Bertz CT molecular complexity index is 625. The maximum absolute atomic E-state index is 6.67. The van der Waals surface area contributed by atoms with E-state index in [1.54, 1.807) is 21.3 Å². The minimum Gasteiger partial charge on any atom is -0.497 e. The Morgan fingerprint density at radius 3 is 2.00 bits per heavy atom. The van der Waals surface area contributed by atoms with Crippen LogP contribution in [0, 0.1) is 6.92 Å². The highest BCUT2D eigenvalue weighted by Gasteiger charge is 2.18. The normalized spacial score (nSPS) is 11.9. The molecule has 3 nitrogen and oxygen atoms in total. The van der Waals surface area contributed by atoms with Crippen LogP contribution in [-0.2, 0) is 0 Å². The fourth-order valence-corrected chi connectivity index (χ4v) is 2.68. The van der Waals surface area contributed by atoms with Crippen molar-refractivity contribution in [2.75, 3.05) is 21.3 Å². The molecule has 0 aromatic heterocycles. The predicted molar refractivity (Wildman–Crippen MR) is 85.0 cm³/mol. The van der Waals surface area contributed by atoms with Gasteiger partial charge in [0.2, 0.25) is 0 Å². The SMILES string of the molecule is COc1ccc(C(Cl)c2cc(OC)ccc2OC)c(C)c1. The van der Waals surface area contributed by atoms with Gasteiger partial charge in [0, 0.05) is 5.56 Å². The van der Waals surface area contributed by atoms with Crippen LogP contribution in [0.2, 0.25) is 0 Å². The van der Waals surface area contributed by atoms with Gasteiger partial charge in [0.25, 0.3) is 0 Å². The maximum atomic E-state index is 6.67. The zero-order valence-electron chi connectivity index (χ0n) is 12.6. The molecule has 0 aliphatic heterocycles. The van der Waals surface area contributed by atoms with Crippen LogP contribution in [-0.4, -0.2) is 21.3 Å². The average Bonchev–Trinajstić information content (AvgIpc) is 2.53. The summed E-state index contributed by atoms with van der Waals surface area (Å²) in [5, 5.41) is -0.319. The van der Waals surface area contributed by atoms with E-state index in [1.165, 1.54) is 0 Å². The van der Waals surface area contributed by atoms with Crippen LogP contribution < -0.4 is 14.2 Å². The monoisotopic (exact) mass is 306 g/mol. The Hall–Kier alpha value is -1.87. The van der Waals surface area contributed by atoms with Crippen molar-refractivity contribution in [1.82, 2.24) is 0 Å². The van der Waals surface area contributed by atoms with Crippen molar-refractivity contribution in [2.24, 2.45) is 0 Å². The van der Waals surface area contributed by atoms with Gasteiger partial charge in [-0.15, -0.1) is 11.6 Å². The van der Waals surface area contributed by atoms with Gasteiger partial charge in [-0.2, -0.15) is 0 Å². The third-order valence-electron chi connectivity index (χ3n) is 3.46. The summed E-state index contributed by atoms with van der Waals surface area (Å²) < 4.78 is 15.9. The van der Waals surface area contributed by atoms with Gasteiger partial charge in [0.1, 0.15) is 17.2 Å². The van der Waals surface area contributed by atoms with Crippen LogP contribution in [0.4, 0.5) is 0 Å². The molecule has 0 saturated carbocycles. The number of halogens is 1. The highest BCUT2D eigenvalue weighted by atomic mass is 35.5. The first-order valence-electron chi connectivity index (χ1n) is 6.61. The Kier molecular flexibility index (Phi) is 4.97. The Morgan fingerprint density at radius 1 is 0.810 bits per heavy atom. The van der Waals surface area contributed by atoms with Crippen molar-refractivity contribution in [1.29, 1.82) is 0 Å². The molecule has 1 atom stereocenters. The lowest BCUT2D eigenvalue weighted by Gasteiger charge is -2.18. The van der Waals surface area contributed by atoms with E-state index >= 15 is 0 Å². The van der Waals surface area contributed by atoms with E-state index in [2.05, 4.69) is 0 Å². The smallest absolute Gasteiger partial charge is 0.124 e. The van der Waals surface area contributed by atoms with Crippen molar-refractivity contribution in [3.05, 3.63) is 53.1 Å². The van der Waals surface area contributed by atoms with Crippen LogP contribution in [0.5, 0.6) is 17.2 Å². The van der Waals surface area contributed by atoms with Crippen molar-refractivity contribution < 1.29 is 14.2 Å². The number of aryl methyl sites for hydroxylation is 1. The van der Waals surface area contributed by atoms with E-state index in [1.807, 2.05) is 43.3 Å². The van der Waals surface area contributed by atoms with E-state index in [0.29, 0.717) is 0 Å². The van der Waals surface area contributed by atoms with Crippen molar-refractivity contribution in [3.63, 3.8) is 0 Å². The Balaban J connectivity index is 2.45. The van der Waals surface area contributed by atoms with Crippen molar-refractivity contribution >= 4 is 11.6 Å². The molecule has 0 fully saturated rings. The molecule has 0 aliphatic carbocycles. The van der Waals surface area contributed by atoms with Crippen LogP contribution in [0.3, 0.4) is 0 Å². The standard InChI is InChI=1S/C17H19ClO3/c1-11-9-12(19-2)5-7-14(11)17(18)15-10-13(20-3)6-8-16(15)21-4/h5-10,17H,1-4H3. The zero-order valence-corrected chi connectivity index (χ0v) is 13.4. The zero-order chi connectivity index (χ0) is 15.4. The van der Waals surface area contributed by atoms with Crippen LogP contribution in [0.15, 0.2) is 36.4 Å². The summed E-state index contributed by atoms with van der Waals surface area (Å²) in [5.41, 5.74) is 2.97. The fourth-order valence-electron chi connectivity index (χ4n) is 2.26. The Labute approximate surface area is 130 Å². The first-order valence-corrected chi connectivity index (χ1v) is 7.05. The van der Waals surface area contributed by atoms with Crippen molar-refractivity contribution in [2.45, 2.75) is 12.3 Å². The second-order valence-corrected chi connectivity index (χ2v) is 5.13. The molecule has 0 radical (unpaired) electrons. The summed E-state index contributed by atoms with van der Waals surface area (Å²) in [4.78, 5) is 0. The molecule has 0 heterocycles. The Morgan fingerprint density at radius 2 is 1.43 bits per heavy atom. The molecule has 0 spiro atoms. The summed E-state index contributed by atoms with van der Waals surface area (Å²) in [6.45, 7) is 2.01. The molecule has 2 rings (SSSR count). The third kappa shape index (κ3) is 3.24. The van der Waals surface area contributed by atoms with Gasteiger partial charge in [-0.3, -0.25) is 0 Å². The molecular weight excluding hydrogens is 288 g/mol. The minimum atomic E-state index is -0.319. The number of methoxy groups -OCH3 is 3. The van der Waals surface area contributed by atoms with Gasteiger partial charge in [-0.05, 0) is 48.4 Å². The molecule has 0 aliphatic rings. The highest BCUT2D eigenvalue weighted by molar-refractivity contribution is 6.23. The van der Waals surface area contributed by atoms with Gasteiger partial charge in [-0.1, -0.05) is 6.07 Å². The number of rotatable bonds is 5. The van der Waals surface area contributed by atoms with Gasteiger partial charge in [0.05, 0.1) is 26.7 Å². The van der Waals surface area contributed by atoms with E-state index in [-0.39, 0.29) is 5.38 Å². The lowest BCUT2D eigenvalue weighted by molar-refractivity contribution is 0.399. The van der Waals surface area contributed by atoms with Crippen LogP contribution in [0.25, 0.3) is 0 Å². The van der Waals surface area contributed by atoms with E-state index in [9.17, 15) is 0 Å². The number of ether oxygens (including phenoxy) is 3. The number of hydrogen-bond donors (Lipinski definition) is 0. The molecule has 0 N–H and O–H groups in total. The molecular formula is C17H19ClO3. The first-order chi connectivity index (χ1) is 10.1. The van der Waals surface area contributed by atoms with Gasteiger partial charge >= 0.3 is 0 Å². The lowest BCUT2D eigenvalue weighted by Crippen LogP contribution is -2.00. The second kappa shape index (κ2) is 6.72. The summed E-state index contributed by atoms with van der Waals surface area (Å²) in [6.07, 6.45) is 0. The van der Waals surface area contributed by atoms with Gasteiger partial charge in [0.15, 0.2) is 0 Å². The molecule has 0 saturated heterocycles. The first kappa shape index (κ1) is 15.5. The van der Waals surface area contributed by atoms with Gasteiger partial charge in [-0.25, -0.2) is 0 Å². The number of hydrogen-bond acceptors (Lipinski definition) is 3. The maximum Gasteiger partial charge on any atom is 0.124 e. The van der Waals surface area contributed by atoms with E-state index in [4.69, 9.17) is 25.8 Å². The molecule has 21 heavy (non-hydrogen) atoms. The summed E-state index contributed by atoms with van der Waals surface area (Å²) in [7, 11) is 4.92. The molecule has 2 aromatic carbocycles. The summed E-state index contributed by atoms with van der Waals surface area (Å²) >= 11 is 6.67. The largest absolute Gasteiger partial charge is 0.497 e. The summed E-state index contributed by atoms with van der Waals surface area (Å²) in [6, 6.07) is 11.5. The minimum absolute atomic E-state index is 0.319. The van der Waals surface area contributed by atoms with Crippen molar-refractivity contribution in [3.8, 4) is 17.2 Å². The molecule has 4 heteroatoms. The van der Waals surface area contributed by atoms with E-state index in [0.717, 1.165) is 33.9 Å². The average molecular weight is 307 g/mol. The third-order valence-corrected chi connectivity index (χ3v) is 3.93. The van der Waals surface area contributed by atoms with E-state index < -0.39 is 0 Å². The predicted octanol–water partition coefficient (Wildman–Crippen LogP) is 4.35. The molecule has 1 unspecified atom stereocenters. The number of benzene rings is 2. The lowest BCUT2D eigenvalue weighted by atomic mass is 9.99. The topological polar surface area (TPSA) is 27.7 Å². The highest BCUT2D eigenvalue weighted by Crippen LogP contribution is 2.39.